The third-order valence-electron chi connectivity index (χ3n) is 5.42. The summed E-state index contributed by atoms with van der Waals surface area (Å²) in [6, 6.07) is 12.8. The molecule has 1 amide bonds. The largest absolute Gasteiger partial charge is 0.461 e. The Morgan fingerprint density at radius 3 is 2.22 bits per heavy atom. The molecule has 0 unspecified atom stereocenters. The van der Waals surface area contributed by atoms with E-state index in [9.17, 15) is 9.59 Å². The van der Waals surface area contributed by atoms with Crippen LogP contribution in [0.5, 0.6) is 0 Å². The van der Waals surface area contributed by atoms with Crippen molar-refractivity contribution in [1.29, 1.82) is 0 Å². The zero-order chi connectivity index (χ0) is 24.8. The molecule has 0 spiro atoms. The summed E-state index contributed by atoms with van der Waals surface area (Å²) in [5.74, 6) is -0.610. The van der Waals surface area contributed by atoms with E-state index in [2.05, 4.69) is 24.1 Å². The molecule has 3 rings (SSSR count). The van der Waals surface area contributed by atoms with Crippen molar-refractivity contribution in [2.24, 2.45) is 11.7 Å². The number of rotatable bonds is 8. The molecule has 0 aliphatic carbocycles. The van der Waals surface area contributed by atoms with E-state index >= 15 is 0 Å². The van der Waals surface area contributed by atoms with E-state index < -0.39 is 11.9 Å². The van der Waals surface area contributed by atoms with E-state index in [0.717, 1.165) is 34.4 Å². The first-order valence-electron chi connectivity index (χ1n) is 11.5. The van der Waals surface area contributed by atoms with Crippen LogP contribution in [0, 0.1) is 19.8 Å². The molecule has 2 heterocycles. The van der Waals surface area contributed by atoms with Crippen LogP contribution in [0.15, 0.2) is 42.5 Å². The Kier molecular flexibility index (Phi) is 12.0. The van der Waals surface area contributed by atoms with Gasteiger partial charge in [-0.3, -0.25) is 9.78 Å². The Morgan fingerprint density at radius 1 is 1.00 bits per heavy atom. The first kappa shape index (κ1) is 31.0. The number of benzene rings is 1. The second-order valence-electron chi connectivity index (χ2n) is 8.62. The summed E-state index contributed by atoms with van der Waals surface area (Å²) < 4.78 is 5.00. The molecule has 1 aromatic carbocycles. The Labute approximate surface area is 225 Å². The maximum absolute atomic E-state index is 13.2. The number of esters is 1. The second kappa shape index (κ2) is 13.9. The fraction of sp³-hybridized carbons (Fsp3) is 0.333. The van der Waals surface area contributed by atoms with E-state index in [1.807, 2.05) is 38.1 Å². The predicted octanol–water partition coefficient (Wildman–Crippen LogP) is 5.69. The van der Waals surface area contributed by atoms with Crippen LogP contribution in [0.2, 0.25) is 0 Å². The fourth-order valence-corrected chi connectivity index (χ4v) is 3.83. The molecule has 0 saturated carbocycles. The Morgan fingerprint density at radius 2 is 1.64 bits per heavy atom. The van der Waals surface area contributed by atoms with Crippen LogP contribution in [0.4, 0.5) is 5.69 Å². The highest BCUT2D eigenvalue weighted by atomic mass is 35.5. The lowest BCUT2D eigenvalue weighted by Gasteiger charge is -2.21. The van der Waals surface area contributed by atoms with Gasteiger partial charge in [-0.05, 0) is 56.4 Å². The van der Waals surface area contributed by atoms with E-state index in [4.69, 9.17) is 15.5 Å². The smallest absolute Gasteiger partial charge is 0.356 e. The van der Waals surface area contributed by atoms with Crippen molar-refractivity contribution in [3.8, 4) is 11.1 Å². The van der Waals surface area contributed by atoms with Crippen molar-refractivity contribution in [2.75, 3.05) is 11.9 Å². The average Bonchev–Trinajstić information content (AvgIpc) is 2.81. The number of aryl methyl sites for hydroxylation is 2. The summed E-state index contributed by atoms with van der Waals surface area (Å²) in [5.41, 5.74) is 12.5. The summed E-state index contributed by atoms with van der Waals surface area (Å²) in [6.07, 6.45) is 0.781. The molecule has 0 bridgehead atoms. The number of pyridine rings is 2. The number of nitrogens with two attached hydrogens (primary N) is 1. The number of anilines is 1. The first-order valence-corrected chi connectivity index (χ1v) is 11.5. The van der Waals surface area contributed by atoms with Crippen LogP contribution in [-0.4, -0.2) is 28.5 Å². The molecule has 0 aliphatic rings. The lowest BCUT2D eigenvalue weighted by Crippen LogP contribution is -2.20. The Balaban J connectivity index is 0.00000324. The minimum absolute atomic E-state index is 0. The molecular formula is C27H34Cl2N4O3. The van der Waals surface area contributed by atoms with Gasteiger partial charge < -0.3 is 15.8 Å². The number of halogens is 2. The topological polar surface area (TPSA) is 107 Å². The fourth-order valence-electron chi connectivity index (χ4n) is 3.83. The van der Waals surface area contributed by atoms with Gasteiger partial charge in [0.1, 0.15) is 11.4 Å². The highest BCUT2D eigenvalue weighted by Crippen LogP contribution is 2.36. The van der Waals surface area contributed by atoms with Gasteiger partial charge >= 0.3 is 5.97 Å². The van der Waals surface area contributed by atoms with Crippen molar-refractivity contribution in [3.05, 3.63) is 76.4 Å². The maximum Gasteiger partial charge on any atom is 0.356 e. The summed E-state index contributed by atoms with van der Waals surface area (Å²) in [4.78, 5) is 34.3. The standard InChI is InChI=1S/C27H32N4O3.2ClH/c1-6-34-27(33)22-9-7-8-21(30-22)26(32)31-25-18(5)29-23(14-16(2)3)20(15-28)24(25)19-12-10-17(4)11-13-19;;/h7-13,16H,6,14-15,28H2,1-5H3,(H,31,32);2*1H. The highest BCUT2D eigenvalue weighted by molar-refractivity contribution is 6.06. The quantitative estimate of drug-likeness (QED) is 0.360. The number of hydrogen-bond donors (Lipinski definition) is 2. The summed E-state index contributed by atoms with van der Waals surface area (Å²) >= 11 is 0. The Hall–Kier alpha value is -3.00. The van der Waals surface area contributed by atoms with Crippen LogP contribution in [-0.2, 0) is 17.7 Å². The highest BCUT2D eigenvalue weighted by Gasteiger charge is 2.22. The van der Waals surface area contributed by atoms with Gasteiger partial charge in [-0.2, -0.15) is 0 Å². The third-order valence-corrected chi connectivity index (χ3v) is 5.42. The first-order chi connectivity index (χ1) is 16.2. The maximum atomic E-state index is 13.2. The van der Waals surface area contributed by atoms with Gasteiger partial charge in [0.2, 0.25) is 0 Å². The van der Waals surface area contributed by atoms with Crippen molar-refractivity contribution in [1.82, 2.24) is 9.97 Å². The molecule has 7 nitrogen and oxygen atoms in total. The van der Waals surface area contributed by atoms with Crippen molar-refractivity contribution in [3.63, 3.8) is 0 Å². The van der Waals surface area contributed by atoms with Gasteiger partial charge in [-0.1, -0.05) is 49.7 Å². The van der Waals surface area contributed by atoms with Gasteiger partial charge in [0.25, 0.3) is 5.91 Å². The number of nitrogens with zero attached hydrogens (tertiary/aromatic N) is 2. The van der Waals surface area contributed by atoms with Crippen molar-refractivity contribution in [2.45, 2.75) is 47.6 Å². The monoisotopic (exact) mass is 532 g/mol. The molecule has 0 radical (unpaired) electrons. The SMILES string of the molecule is CCOC(=O)c1cccc(C(=O)Nc2c(C)nc(CC(C)C)c(CN)c2-c2ccc(C)cc2)n1.Cl.Cl. The Bertz CT molecular complexity index is 1200. The lowest BCUT2D eigenvalue weighted by molar-refractivity contribution is 0.0519. The van der Waals surface area contributed by atoms with E-state index in [1.165, 1.54) is 6.07 Å². The van der Waals surface area contributed by atoms with Crippen LogP contribution in [0.3, 0.4) is 0 Å². The van der Waals surface area contributed by atoms with Gasteiger partial charge in [-0.25, -0.2) is 9.78 Å². The van der Waals surface area contributed by atoms with Crippen molar-refractivity contribution >= 4 is 42.4 Å². The number of carbonyl (C=O) groups is 2. The molecule has 36 heavy (non-hydrogen) atoms. The lowest BCUT2D eigenvalue weighted by atomic mass is 9.92. The van der Waals surface area contributed by atoms with Crippen LogP contribution in [0.25, 0.3) is 11.1 Å². The molecule has 0 aliphatic heterocycles. The van der Waals surface area contributed by atoms with Gasteiger partial charge in [0, 0.05) is 17.8 Å². The van der Waals surface area contributed by atoms with E-state index in [0.29, 0.717) is 17.3 Å². The molecule has 0 fully saturated rings. The van der Waals surface area contributed by atoms with Gasteiger partial charge in [-0.15, -0.1) is 24.8 Å². The van der Waals surface area contributed by atoms with Gasteiger partial charge in [0.05, 0.1) is 18.0 Å². The minimum Gasteiger partial charge on any atom is -0.461 e. The number of nitrogens with one attached hydrogen (secondary N) is 1. The van der Waals surface area contributed by atoms with Crippen LogP contribution >= 0.6 is 24.8 Å². The molecular weight excluding hydrogens is 499 g/mol. The number of hydrogen-bond acceptors (Lipinski definition) is 6. The summed E-state index contributed by atoms with van der Waals surface area (Å²) in [5, 5.41) is 2.99. The number of aromatic nitrogens is 2. The third kappa shape index (κ3) is 7.26. The second-order valence-corrected chi connectivity index (χ2v) is 8.62. The molecule has 3 N–H and O–H groups in total. The van der Waals surface area contributed by atoms with Crippen LogP contribution < -0.4 is 11.1 Å². The normalized spacial score (nSPS) is 10.3. The van der Waals surface area contributed by atoms with E-state index in [1.54, 1.807) is 19.1 Å². The number of carbonyl (C=O) groups excluding carboxylic acids is 2. The summed E-state index contributed by atoms with van der Waals surface area (Å²) in [6.45, 7) is 10.4. The number of ether oxygens (including phenoxy) is 1. The zero-order valence-corrected chi connectivity index (χ0v) is 22.9. The summed E-state index contributed by atoms with van der Waals surface area (Å²) in [7, 11) is 0. The molecule has 3 aromatic rings. The molecule has 2 aromatic heterocycles. The molecule has 194 valence electrons. The molecule has 0 saturated heterocycles. The van der Waals surface area contributed by atoms with Gasteiger partial charge in [0.15, 0.2) is 0 Å². The predicted molar refractivity (Wildman–Crippen MR) is 148 cm³/mol. The average molecular weight is 534 g/mol. The van der Waals surface area contributed by atoms with Crippen LogP contribution in [0.1, 0.15) is 64.3 Å². The van der Waals surface area contributed by atoms with E-state index in [-0.39, 0.29) is 49.4 Å². The zero-order valence-electron chi connectivity index (χ0n) is 21.3. The molecule has 0 atom stereocenters. The molecule has 9 heteroatoms. The van der Waals surface area contributed by atoms with Crippen molar-refractivity contribution < 1.29 is 14.3 Å². The number of amides is 1. The minimum atomic E-state index is -0.571.